The molecule has 1 saturated heterocycles. The highest BCUT2D eigenvalue weighted by molar-refractivity contribution is 5.94. The predicted molar refractivity (Wildman–Crippen MR) is 71.8 cm³/mol. The van der Waals surface area contributed by atoms with Crippen molar-refractivity contribution in [2.75, 3.05) is 13.1 Å². The van der Waals surface area contributed by atoms with E-state index in [1.165, 1.54) is 0 Å². The molecule has 0 spiro atoms. The van der Waals surface area contributed by atoms with E-state index in [0.29, 0.717) is 0 Å². The van der Waals surface area contributed by atoms with Crippen LogP contribution in [0, 0.1) is 5.92 Å². The summed E-state index contributed by atoms with van der Waals surface area (Å²) in [5.74, 6) is -4.93. The zero-order valence-corrected chi connectivity index (χ0v) is 11.7. The van der Waals surface area contributed by atoms with Gasteiger partial charge in [0.25, 0.3) is 0 Å². The monoisotopic (exact) mass is 317 g/mol. The summed E-state index contributed by atoms with van der Waals surface area (Å²) < 4.78 is 0. The Balaban J connectivity index is 2.74. The average Bonchev–Trinajstić information content (AvgIpc) is 2.83. The van der Waals surface area contributed by atoms with Crippen molar-refractivity contribution in [3.05, 3.63) is 0 Å². The van der Waals surface area contributed by atoms with E-state index in [2.05, 4.69) is 10.6 Å². The molecule has 0 aromatic rings. The Morgan fingerprint density at radius 1 is 1.27 bits per heavy atom. The number of rotatable bonds is 8. The second kappa shape index (κ2) is 7.82. The molecule has 0 bridgehead atoms. The molecule has 1 amide bonds. The SMILES string of the molecule is NCC(=O)C1C(O)CN[C@@H]1C(=O)N[C@@H](CCC(=O)O)C(=O)O. The van der Waals surface area contributed by atoms with Crippen molar-refractivity contribution in [1.29, 1.82) is 0 Å². The van der Waals surface area contributed by atoms with Gasteiger partial charge in [0, 0.05) is 13.0 Å². The molecule has 10 heteroatoms. The van der Waals surface area contributed by atoms with E-state index in [4.69, 9.17) is 15.9 Å². The van der Waals surface area contributed by atoms with Crippen molar-refractivity contribution < 1.29 is 34.5 Å². The third kappa shape index (κ3) is 4.48. The van der Waals surface area contributed by atoms with Crippen molar-refractivity contribution >= 4 is 23.6 Å². The van der Waals surface area contributed by atoms with Crippen LogP contribution in [0.2, 0.25) is 0 Å². The number of β-amino-alcohol motifs (C(OH)–C–C–N with tert-alkyl or cyclic N) is 1. The van der Waals surface area contributed by atoms with Crippen LogP contribution in [-0.4, -0.2) is 70.2 Å². The lowest BCUT2D eigenvalue weighted by molar-refractivity contribution is -0.143. The second-order valence-corrected chi connectivity index (χ2v) is 4.98. The molecule has 1 rings (SSSR count). The molecule has 0 aromatic carbocycles. The Morgan fingerprint density at radius 2 is 1.91 bits per heavy atom. The van der Waals surface area contributed by atoms with E-state index in [-0.39, 0.29) is 19.5 Å². The standard InChI is InChI=1S/C12H19N3O7/c13-3-6(16)9-7(17)4-14-10(9)11(20)15-5(12(21)22)1-2-8(18)19/h5,7,9-10,14,17H,1-4,13H2,(H,15,20)(H,18,19)(H,21,22)/t5-,7?,9?,10-/m0/s1. The molecule has 22 heavy (non-hydrogen) atoms. The number of hydrogen-bond donors (Lipinski definition) is 6. The zero-order valence-electron chi connectivity index (χ0n) is 11.7. The van der Waals surface area contributed by atoms with Crippen molar-refractivity contribution in [3.8, 4) is 0 Å². The Labute approximate surface area is 125 Å². The molecule has 124 valence electrons. The molecule has 0 saturated carbocycles. The van der Waals surface area contributed by atoms with Gasteiger partial charge in [-0.2, -0.15) is 0 Å². The summed E-state index contributed by atoms with van der Waals surface area (Å²) in [6, 6.07) is -2.49. The molecule has 1 fully saturated rings. The zero-order chi connectivity index (χ0) is 16.9. The first-order chi connectivity index (χ1) is 10.3. The lowest BCUT2D eigenvalue weighted by atomic mass is 9.92. The molecule has 7 N–H and O–H groups in total. The minimum atomic E-state index is -1.39. The average molecular weight is 317 g/mol. The van der Waals surface area contributed by atoms with Gasteiger partial charge in [0.2, 0.25) is 5.91 Å². The number of Topliss-reactive ketones (excluding diaryl/α,β-unsaturated/α-hetero) is 1. The van der Waals surface area contributed by atoms with Gasteiger partial charge in [-0.05, 0) is 6.42 Å². The lowest BCUT2D eigenvalue weighted by Gasteiger charge is -2.21. The molecule has 1 heterocycles. The lowest BCUT2D eigenvalue weighted by Crippen LogP contribution is -2.52. The number of carbonyl (C=O) groups is 4. The second-order valence-electron chi connectivity index (χ2n) is 4.98. The number of nitrogens with one attached hydrogen (secondary N) is 2. The highest BCUT2D eigenvalue weighted by atomic mass is 16.4. The Bertz CT molecular complexity index is 468. The molecular weight excluding hydrogens is 298 g/mol. The van der Waals surface area contributed by atoms with Crippen molar-refractivity contribution in [2.24, 2.45) is 11.7 Å². The quantitative estimate of drug-likeness (QED) is 0.270. The van der Waals surface area contributed by atoms with Crippen LogP contribution in [-0.2, 0) is 19.2 Å². The van der Waals surface area contributed by atoms with E-state index < -0.39 is 54.2 Å². The number of aliphatic hydroxyl groups excluding tert-OH is 1. The Kier molecular flexibility index (Phi) is 6.40. The fraction of sp³-hybridized carbons (Fsp3) is 0.667. The number of carboxylic acid groups (broad SMARTS) is 2. The first-order valence-electron chi connectivity index (χ1n) is 6.67. The van der Waals surface area contributed by atoms with Gasteiger partial charge in [-0.15, -0.1) is 0 Å². The highest BCUT2D eigenvalue weighted by Crippen LogP contribution is 2.18. The van der Waals surface area contributed by atoms with Crippen LogP contribution >= 0.6 is 0 Å². The van der Waals surface area contributed by atoms with E-state index >= 15 is 0 Å². The predicted octanol–water partition coefficient (Wildman–Crippen LogP) is -3.10. The van der Waals surface area contributed by atoms with Gasteiger partial charge in [-0.25, -0.2) is 4.79 Å². The number of nitrogens with two attached hydrogens (primary N) is 1. The molecule has 0 aromatic heterocycles. The van der Waals surface area contributed by atoms with Crippen LogP contribution in [0.5, 0.6) is 0 Å². The minimum Gasteiger partial charge on any atom is -0.481 e. The number of carboxylic acids is 2. The topological polar surface area (TPSA) is 179 Å². The van der Waals surface area contributed by atoms with Gasteiger partial charge in [-0.3, -0.25) is 14.4 Å². The molecule has 10 nitrogen and oxygen atoms in total. The van der Waals surface area contributed by atoms with Crippen molar-refractivity contribution in [1.82, 2.24) is 10.6 Å². The van der Waals surface area contributed by atoms with Gasteiger partial charge < -0.3 is 31.7 Å². The van der Waals surface area contributed by atoms with Crippen LogP contribution in [0.15, 0.2) is 0 Å². The third-order valence-corrected chi connectivity index (χ3v) is 3.44. The van der Waals surface area contributed by atoms with Crippen molar-refractivity contribution in [2.45, 2.75) is 31.0 Å². The molecule has 2 unspecified atom stereocenters. The summed E-state index contributed by atoms with van der Waals surface area (Å²) in [6.45, 7) is -0.351. The van der Waals surface area contributed by atoms with E-state index in [9.17, 15) is 24.3 Å². The van der Waals surface area contributed by atoms with E-state index in [1.807, 2.05) is 0 Å². The van der Waals surface area contributed by atoms with Gasteiger partial charge in [-0.1, -0.05) is 0 Å². The smallest absolute Gasteiger partial charge is 0.326 e. The minimum absolute atomic E-state index is 0.00135. The molecule has 4 atom stereocenters. The molecular formula is C12H19N3O7. The molecule has 0 aliphatic carbocycles. The largest absolute Gasteiger partial charge is 0.481 e. The van der Waals surface area contributed by atoms with Gasteiger partial charge in [0.1, 0.15) is 6.04 Å². The van der Waals surface area contributed by atoms with Crippen LogP contribution in [0.3, 0.4) is 0 Å². The summed E-state index contributed by atoms with van der Waals surface area (Å²) in [7, 11) is 0. The summed E-state index contributed by atoms with van der Waals surface area (Å²) in [5, 5.41) is 32.1. The highest BCUT2D eigenvalue weighted by Gasteiger charge is 2.43. The maximum atomic E-state index is 12.1. The third-order valence-electron chi connectivity index (χ3n) is 3.44. The Hall–Kier alpha value is -2.04. The number of hydrogen-bond acceptors (Lipinski definition) is 7. The maximum absolute atomic E-state index is 12.1. The van der Waals surface area contributed by atoms with Gasteiger partial charge in [0.05, 0.1) is 24.6 Å². The number of carbonyl (C=O) groups excluding carboxylic acids is 2. The van der Waals surface area contributed by atoms with Crippen LogP contribution in [0.25, 0.3) is 0 Å². The van der Waals surface area contributed by atoms with Crippen molar-refractivity contribution in [3.63, 3.8) is 0 Å². The van der Waals surface area contributed by atoms with Crippen LogP contribution < -0.4 is 16.4 Å². The van der Waals surface area contributed by atoms with Gasteiger partial charge >= 0.3 is 11.9 Å². The fourth-order valence-electron chi connectivity index (χ4n) is 2.30. The Morgan fingerprint density at radius 3 is 2.41 bits per heavy atom. The summed E-state index contributed by atoms with van der Waals surface area (Å²) in [5.41, 5.74) is 5.23. The normalized spacial score (nSPS) is 25.5. The summed E-state index contributed by atoms with van der Waals surface area (Å²) in [6.07, 6.45) is -1.81. The fourth-order valence-corrected chi connectivity index (χ4v) is 2.30. The number of ketones is 1. The van der Waals surface area contributed by atoms with Gasteiger partial charge in [0.15, 0.2) is 5.78 Å². The first kappa shape index (κ1) is 18.0. The van der Waals surface area contributed by atoms with Crippen LogP contribution in [0.4, 0.5) is 0 Å². The number of amides is 1. The van der Waals surface area contributed by atoms with Crippen LogP contribution in [0.1, 0.15) is 12.8 Å². The number of aliphatic hydroxyl groups is 1. The summed E-state index contributed by atoms with van der Waals surface area (Å²) >= 11 is 0. The maximum Gasteiger partial charge on any atom is 0.326 e. The van der Waals surface area contributed by atoms with E-state index in [0.717, 1.165) is 0 Å². The number of aliphatic carboxylic acids is 2. The molecule has 1 aliphatic rings. The first-order valence-corrected chi connectivity index (χ1v) is 6.67. The molecule has 1 aliphatic heterocycles. The molecule has 0 radical (unpaired) electrons. The van der Waals surface area contributed by atoms with E-state index in [1.54, 1.807) is 0 Å². The summed E-state index contributed by atoms with van der Waals surface area (Å²) in [4.78, 5) is 45.3.